The quantitative estimate of drug-likeness (QED) is 0.199. The van der Waals surface area contributed by atoms with Crippen molar-refractivity contribution in [2.75, 3.05) is 88.6 Å². The number of hydrogen-bond donors (Lipinski definition) is 3. The van der Waals surface area contributed by atoms with Gasteiger partial charge in [-0.15, -0.1) is 11.6 Å². The minimum absolute atomic E-state index is 0.0000950. The minimum Gasteiger partial charge on any atom is -0.343 e. The van der Waals surface area contributed by atoms with E-state index in [2.05, 4.69) is 16.0 Å². The molecule has 3 aliphatic carbocycles. The van der Waals surface area contributed by atoms with E-state index in [1.807, 2.05) is 27.7 Å². The summed E-state index contributed by atoms with van der Waals surface area (Å²) in [5.74, 6) is -10.6. The molecule has 3 aliphatic heterocycles. The third-order valence-electron chi connectivity index (χ3n) is 22.0. The van der Waals surface area contributed by atoms with E-state index in [1.165, 1.54) is 73.8 Å². The number of amides is 12. The second-order valence-corrected chi connectivity index (χ2v) is 30.2. The fourth-order valence-electron chi connectivity index (χ4n) is 15.5. The average molecular weight is 1410 g/mol. The van der Waals surface area contributed by atoms with Crippen molar-refractivity contribution in [1.82, 2.24) is 60.0 Å². The molecule has 0 aromatic heterocycles. The molecule has 0 bridgehead atoms. The Morgan fingerprint density at radius 1 is 0.602 bits per heavy atom. The van der Waals surface area contributed by atoms with Crippen LogP contribution in [0.2, 0.25) is 0 Å². The lowest BCUT2D eigenvalue weighted by Gasteiger charge is -2.43. The van der Waals surface area contributed by atoms with Crippen molar-refractivity contribution in [1.29, 1.82) is 0 Å². The number of halogens is 4. The average Bonchev–Trinajstić information content (AvgIpc) is 1.42. The van der Waals surface area contributed by atoms with Gasteiger partial charge in [0.25, 0.3) is 0 Å². The van der Waals surface area contributed by atoms with Crippen LogP contribution in [0.5, 0.6) is 0 Å². The van der Waals surface area contributed by atoms with Gasteiger partial charge in [0.15, 0.2) is 0 Å². The smallest absolute Gasteiger partial charge is 0.343 e. The number of fused-ring (bicyclic) bond motifs is 1. The largest absolute Gasteiger partial charge is 0.393 e. The van der Waals surface area contributed by atoms with E-state index in [1.54, 1.807) is 11.8 Å². The predicted octanol–water partition coefficient (Wildman–Crippen LogP) is 5.70. The van der Waals surface area contributed by atoms with Crippen molar-refractivity contribution >= 4 is 82.5 Å². The second kappa shape index (κ2) is 36.4. The molecule has 6 fully saturated rings. The van der Waals surface area contributed by atoms with E-state index in [0.29, 0.717) is 77.3 Å². The van der Waals surface area contributed by atoms with Gasteiger partial charge in [-0.1, -0.05) is 86.0 Å². The van der Waals surface area contributed by atoms with Crippen LogP contribution in [-0.2, 0) is 57.5 Å². The third kappa shape index (κ3) is 20.5. The lowest BCUT2D eigenvalue weighted by Crippen LogP contribution is -2.65. The summed E-state index contributed by atoms with van der Waals surface area (Å²) in [6.07, 6.45) is 4.56. The number of carbonyl (C=O) groups is 12. The topological polar surface area (TPSA) is 270 Å². The summed E-state index contributed by atoms with van der Waals surface area (Å²) in [5.41, 5.74) is -1.55. The Morgan fingerprint density at radius 2 is 1.21 bits per heavy atom. The normalized spacial score (nSPS) is 29.4. The summed E-state index contributed by atoms with van der Waals surface area (Å²) in [7, 11) is 9.98. The Kier molecular flexibility index (Phi) is 29.9. The molecule has 3 saturated carbocycles. The molecule has 28 heteroatoms. The molecular weight excluding hydrogens is 1290 g/mol. The molecule has 6 aliphatic rings. The van der Waals surface area contributed by atoms with Gasteiger partial charge in [-0.2, -0.15) is 13.2 Å². The van der Waals surface area contributed by atoms with Crippen molar-refractivity contribution in [3.8, 4) is 0 Å². The maximum Gasteiger partial charge on any atom is 0.393 e. The van der Waals surface area contributed by atoms with E-state index in [9.17, 15) is 41.9 Å². The van der Waals surface area contributed by atoms with Crippen molar-refractivity contribution in [3.05, 3.63) is 0 Å². The van der Waals surface area contributed by atoms with Crippen LogP contribution < -0.4 is 16.0 Å². The third-order valence-corrected chi connectivity index (χ3v) is 22.5. The molecule has 24 nitrogen and oxygen atoms in total. The zero-order valence-corrected chi connectivity index (χ0v) is 61.1. The molecule has 1 spiro atoms. The van der Waals surface area contributed by atoms with Gasteiger partial charge in [-0.25, -0.2) is 0 Å². The second-order valence-electron chi connectivity index (χ2n) is 29.6. The first-order chi connectivity index (χ1) is 46.2. The van der Waals surface area contributed by atoms with E-state index in [-0.39, 0.29) is 82.6 Å². The first-order valence-electron chi connectivity index (χ1n) is 36.2. The molecule has 3 unspecified atom stereocenters. The number of alkyl halides is 4. The number of unbranched alkanes of at least 4 members (excludes halogenated alkanes) is 1. The molecule has 554 valence electrons. The highest BCUT2D eigenvalue weighted by Crippen LogP contribution is 2.44. The first-order valence-corrected chi connectivity index (χ1v) is 36.6. The first kappa shape index (κ1) is 80.7. The van der Waals surface area contributed by atoms with E-state index >= 15 is 28.8 Å². The number of piperidine rings is 1. The molecule has 98 heavy (non-hydrogen) atoms. The van der Waals surface area contributed by atoms with Crippen LogP contribution in [-0.4, -0.2) is 263 Å². The van der Waals surface area contributed by atoms with E-state index < -0.39 is 174 Å². The zero-order chi connectivity index (χ0) is 72.7. The lowest BCUT2D eigenvalue weighted by atomic mass is 9.78. The van der Waals surface area contributed by atoms with Gasteiger partial charge in [0.2, 0.25) is 70.9 Å². The Labute approximate surface area is 583 Å². The van der Waals surface area contributed by atoms with Crippen LogP contribution in [0.4, 0.5) is 13.2 Å². The van der Waals surface area contributed by atoms with Gasteiger partial charge in [0.05, 0.1) is 32.0 Å². The van der Waals surface area contributed by atoms with Crippen LogP contribution in [0, 0.1) is 29.6 Å². The molecule has 3 N–H and O–H groups in total. The lowest BCUT2D eigenvalue weighted by molar-refractivity contribution is -0.182. The number of nitrogens with one attached hydrogen (secondary N) is 3. The number of likely N-dealkylation sites (N-methyl/N-ethyl adjacent to an activating group) is 7. The molecule has 3 heterocycles. The van der Waals surface area contributed by atoms with Crippen molar-refractivity contribution in [3.63, 3.8) is 0 Å². The summed E-state index contributed by atoms with van der Waals surface area (Å²) < 4.78 is 41.9. The van der Waals surface area contributed by atoms with Gasteiger partial charge in [0.1, 0.15) is 47.8 Å². The number of carbonyl (C=O) groups excluding carboxylic acids is 12. The molecule has 0 radical (unpaired) electrons. The molecule has 0 aromatic carbocycles. The molecule has 11 atom stereocenters. The van der Waals surface area contributed by atoms with Gasteiger partial charge in [-0.3, -0.25) is 57.5 Å². The van der Waals surface area contributed by atoms with Crippen molar-refractivity contribution in [2.24, 2.45) is 29.6 Å². The molecular formula is C70H114ClF3N12O12. The fourth-order valence-corrected chi connectivity index (χ4v) is 16.1. The van der Waals surface area contributed by atoms with E-state index in [0.717, 1.165) is 40.4 Å². The Bertz CT molecular complexity index is 2820. The van der Waals surface area contributed by atoms with Gasteiger partial charge in [0, 0.05) is 74.3 Å². The maximum atomic E-state index is 15.8. The summed E-state index contributed by atoms with van der Waals surface area (Å²) in [4.78, 5) is 190. The van der Waals surface area contributed by atoms with Crippen LogP contribution in [0.15, 0.2) is 0 Å². The molecule has 6 rings (SSSR count). The monoisotopic (exact) mass is 1410 g/mol. The zero-order valence-electron chi connectivity index (χ0n) is 60.4. The van der Waals surface area contributed by atoms with Crippen LogP contribution in [0.3, 0.4) is 0 Å². The molecule has 12 amide bonds. The maximum absolute atomic E-state index is 15.8. The van der Waals surface area contributed by atoms with Crippen LogP contribution in [0.1, 0.15) is 195 Å². The highest BCUT2D eigenvalue weighted by atomic mass is 35.5. The molecule has 0 aromatic rings. The summed E-state index contributed by atoms with van der Waals surface area (Å²) in [6, 6.07) is -8.53. The molecule has 3 saturated heterocycles. The Hall–Kier alpha value is -6.28. The highest BCUT2D eigenvalue weighted by molar-refractivity contribution is 6.21. The Morgan fingerprint density at radius 3 is 1.82 bits per heavy atom. The van der Waals surface area contributed by atoms with Gasteiger partial charge < -0.3 is 60.0 Å². The fraction of sp³-hybridized carbons (Fsp3) is 0.829. The van der Waals surface area contributed by atoms with Crippen LogP contribution >= 0.6 is 11.6 Å². The Balaban J connectivity index is 1.42. The summed E-state index contributed by atoms with van der Waals surface area (Å²) in [5, 5.41) is 7.58. The van der Waals surface area contributed by atoms with Gasteiger partial charge >= 0.3 is 6.18 Å². The van der Waals surface area contributed by atoms with Gasteiger partial charge in [-0.05, 0) is 126 Å². The van der Waals surface area contributed by atoms with E-state index in [4.69, 9.17) is 11.6 Å². The number of likely N-dealkylation sites (tertiary alicyclic amines) is 1. The summed E-state index contributed by atoms with van der Waals surface area (Å²) >= 11 is 6.38. The van der Waals surface area contributed by atoms with Crippen molar-refractivity contribution in [2.45, 2.75) is 255 Å². The number of nitrogens with zero attached hydrogens (tertiary/aromatic N) is 9. The predicted molar refractivity (Wildman–Crippen MR) is 363 cm³/mol. The number of rotatable bonds is 12. The highest BCUT2D eigenvalue weighted by Gasteiger charge is 2.52. The standard InChI is InChI=1S/C70H114ClF3N12O12/c1-13-15-27-52-64(94)79(7)41-55(87)75-50(32-30-46-29-31-48(49(71)39-46)70(72,73)74)63(93)86-37-24-28-51(86)62(92)77-69(33-20-21-34-69)68(98)84(12)60(47-25-18-16-19-26-47)67(97)83(11)54(65(95)85-35-22-17-23-36-85)40-56(88)82(10)53(38-44(3)4)61(91)76-59(45(5)14-2)66(96)80(8)42-57(89)78(6)43-58(90)81(52)9/h44-54,59-60H,13-43H2,1-12H3,(H,75,87)(H,76,91)(H,77,92)/t45-,46?,48?,49?,50-,51-,52-,53-,54-,59-,60-/m0/s1. The minimum atomic E-state index is -4.51. The van der Waals surface area contributed by atoms with Crippen molar-refractivity contribution < 1.29 is 70.7 Å². The number of hydrogen-bond acceptors (Lipinski definition) is 12. The summed E-state index contributed by atoms with van der Waals surface area (Å²) in [6.45, 7) is 8.42. The SMILES string of the molecule is CCCC[C@H]1C(=O)N(C)CC(=O)N[C@@H](CCC2CCC(C(F)(F)F)C(Cl)C2)C(=O)N2CCC[C@H]2C(=O)NC2(CCCC2)C(=O)N(C)[C@@H](C2CCCCC2)C(=O)N(C)[C@H](C(=O)N2CCCCC2)CC(=O)N(C)[C@@H](CC(C)C)C(=O)N[C@@H]([C@@H](C)CC)C(=O)N(C)CC(=O)N(C)CC(=O)N1C. The van der Waals surface area contributed by atoms with Crippen LogP contribution in [0.25, 0.3) is 0 Å².